The summed E-state index contributed by atoms with van der Waals surface area (Å²) >= 11 is 0. The average molecular weight is 453 g/mol. The van der Waals surface area contributed by atoms with Crippen molar-refractivity contribution in [1.82, 2.24) is 9.97 Å². The molecule has 0 saturated carbocycles. The highest BCUT2D eigenvalue weighted by Crippen LogP contribution is 2.30. The first kappa shape index (κ1) is 23.1. The number of rotatable bonds is 8. The number of carbonyl (C=O) groups is 3. The largest absolute Gasteiger partial charge is 0.465 e. The van der Waals surface area contributed by atoms with E-state index < -0.39 is 29.6 Å². The molecule has 170 valence electrons. The number of methoxy groups -OCH3 is 1. The van der Waals surface area contributed by atoms with Crippen LogP contribution in [0.3, 0.4) is 0 Å². The van der Waals surface area contributed by atoms with Crippen molar-refractivity contribution in [2.24, 2.45) is 11.5 Å². The van der Waals surface area contributed by atoms with Crippen LogP contribution in [0.15, 0.2) is 48.5 Å². The number of primary amides is 2. The lowest BCUT2D eigenvalue weighted by Gasteiger charge is -2.14. The number of amides is 2. The van der Waals surface area contributed by atoms with Crippen molar-refractivity contribution in [1.29, 1.82) is 0 Å². The first-order valence-corrected chi connectivity index (χ1v) is 9.59. The number of ether oxygens (including phenoxy) is 2. The minimum Gasteiger partial charge on any atom is -0.465 e. The highest BCUT2D eigenvalue weighted by atomic mass is 19.1. The molecule has 0 aliphatic heterocycles. The second-order valence-electron chi connectivity index (χ2n) is 6.85. The number of hydrogen-bond donors (Lipinski definition) is 3. The van der Waals surface area contributed by atoms with Crippen LogP contribution in [0.25, 0.3) is 11.4 Å². The maximum atomic E-state index is 13.2. The SMILES string of the molecule is COC(=O)c1cc(-c2nc(NC(C)C(N)=O)cc(C(N)=O)n2)ccc1Oc1ccc(F)cc1. The molecule has 0 fully saturated rings. The quantitative estimate of drug-likeness (QED) is 0.438. The van der Waals surface area contributed by atoms with Gasteiger partial charge in [0.05, 0.1) is 7.11 Å². The summed E-state index contributed by atoms with van der Waals surface area (Å²) in [5.74, 6) is -1.98. The van der Waals surface area contributed by atoms with Crippen LogP contribution in [0.5, 0.6) is 11.5 Å². The molecule has 0 spiro atoms. The fourth-order valence-electron chi connectivity index (χ4n) is 2.73. The van der Waals surface area contributed by atoms with E-state index in [-0.39, 0.29) is 28.6 Å². The van der Waals surface area contributed by atoms with Gasteiger partial charge in [-0.1, -0.05) is 0 Å². The Morgan fingerprint density at radius 2 is 1.73 bits per heavy atom. The summed E-state index contributed by atoms with van der Waals surface area (Å²) < 4.78 is 23.7. The number of carbonyl (C=O) groups excluding carboxylic acids is 3. The standard InChI is InChI=1S/C22H20FN5O5/c1-11(19(24)29)26-18-10-16(20(25)30)27-21(28-18)12-3-8-17(15(9-12)22(31)32-2)33-14-6-4-13(23)5-7-14/h3-11H,1-2H3,(H2,24,29)(H2,25,30)(H,26,27,28). The fourth-order valence-corrected chi connectivity index (χ4v) is 2.73. The highest BCUT2D eigenvalue weighted by molar-refractivity contribution is 5.95. The number of nitrogens with zero attached hydrogens (tertiary/aromatic N) is 2. The minimum atomic E-state index is -0.821. The summed E-state index contributed by atoms with van der Waals surface area (Å²) in [6, 6.07) is 10.2. The van der Waals surface area contributed by atoms with Gasteiger partial charge in [-0.05, 0) is 49.4 Å². The van der Waals surface area contributed by atoms with E-state index in [1.165, 1.54) is 56.5 Å². The molecule has 2 aromatic carbocycles. The van der Waals surface area contributed by atoms with E-state index in [1.807, 2.05) is 0 Å². The lowest BCUT2D eigenvalue weighted by molar-refractivity contribution is -0.118. The van der Waals surface area contributed by atoms with Crippen LogP contribution in [-0.4, -0.2) is 40.9 Å². The van der Waals surface area contributed by atoms with Crippen LogP contribution in [-0.2, 0) is 9.53 Å². The van der Waals surface area contributed by atoms with E-state index in [1.54, 1.807) is 6.07 Å². The van der Waals surface area contributed by atoms with Crippen molar-refractivity contribution >= 4 is 23.6 Å². The number of anilines is 1. The molecule has 0 aliphatic rings. The molecule has 2 amide bonds. The topological polar surface area (TPSA) is 160 Å². The van der Waals surface area contributed by atoms with Crippen LogP contribution in [0.1, 0.15) is 27.8 Å². The van der Waals surface area contributed by atoms with E-state index in [0.717, 1.165) is 0 Å². The van der Waals surface area contributed by atoms with Crippen molar-refractivity contribution in [2.75, 3.05) is 12.4 Å². The number of hydrogen-bond acceptors (Lipinski definition) is 8. The van der Waals surface area contributed by atoms with Gasteiger partial charge in [-0.2, -0.15) is 0 Å². The number of benzene rings is 2. The maximum Gasteiger partial charge on any atom is 0.341 e. The van der Waals surface area contributed by atoms with Gasteiger partial charge in [-0.25, -0.2) is 19.2 Å². The molecule has 0 aliphatic carbocycles. The third-order valence-electron chi connectivity index (χ3n) is 4.45. The summed E-state index contributed by atoms with van der Waals surface area (Å²) in [6.07, 6.45) is 0. The molecule has 3 rings (SSSR count). The fraction of sp³-hybridized carbons (Fsp3) is 0.136. The van der Waals surface area contributed by atoms with Gasteiger partial charge in [0, 0.05) is 11.6 Å². The highest BCUT2D eigenvalue weighted by Gasteiger charge is 2.19. The van der Waals surface area contributed by atoms with Crippen molar-refractivity contribution in [3.8, 4) is 22.9 Å². The van der Waals surface area contributed by atoms with Crippen LogP contribution >= 0.6 is 0 Å². The zero-order valence-corrected chi connectivity index (χ0v) is 17.7. The molecular formula is C22H20FN5O5. The van der Waals surface area contributed by atoms with Gasteiger partial charge >= 0.3 is 5.97 Å². The number of nitrogens with two attached hydrogens (primary N) is 2. The molecule has 33 heavy (non-hydrogen) atoms. The lowest BCUT2D eigenvalue weighted by atomic mass is 10.1. The summed E-state index contributed by atoms with van der Waals surface area (Å²) in [6.45, 7) is 1.52. The molecule has 1 heterocycles. The van der Waals surface area contributed by atoms with Gasteiger partial charge in [0.25, 0.3) is 5.91 Å². The Morgan fingerprint density at radius 1 is 1.03 bits per heavy atom. The predicted molar refractivity (Wildman–Crippen MR) is 116 cm³/mol. The number of halogens is 1. The molecule has 1 atom stereocenters. The van der Waals surface area contributed by atoms with Gasteiger partial charge in [-0.3, -0.25) is 9.59 Å². The number of esters is 1. The summed E-state index contributed by atoms with van der Waals surface area (Å²) in [7, 11) is 1.20. The molecule has 5 N–H and O–H groups in total. The second-order valence-corrected chi connectivity index (χ2v) is 6.85. The number of aromatic nitrogens is 2. The van der Waals surface area contributed by atoms with E-state index in [2.05, 4.69) is 15.3 Å². The second kappa shape index (κ2) is 9.73. The Bertz CT molecular complexity index is 1220. The molecular weight excluding hydrogens is 433 g/mol. The predicted octanol–water partition coefficient (Wildman–Crippen LogP) is 2.25. The Balaban J connectivity index is 2.05. The van der Waals surface area contributed by atoms with Crippen molar-refractivity contribution in [3.63, 3.8) is 0 Å². The van der Waals surface area contributed by atoms with E-state index in [0.29, 0.717) is 11.3 Å². The van der Waals surface area contributed by atoms with Crippen LogP contribution in [0.2, 0.25) is 0 Å². The monoisotopic (exact) mass is 453 g/mol. The van der Waals surface area contributed by atoms with Gasteiger partial charge in [0.15, 0.2) is 5.82 Å². The Hall–Kier alpha value is -4.54. The molecule has 3 aromatic rings. The van der Waals surface area contributed by atoms with Crippen LogP contribution in [0, 0.1) is 5.82 Å². The van der Waals surface area contributed by atoms with Gasteiger partial charge in [0.1, 0.15) is 40.4 Å². The van der Waals surface area contributed by atoms with Crippen molar-refractivity contribution in [3.05, 3.63) is 65.6 Å². The van der Waals surface area contributed by atoms with Crippen molar-refractivity contribution < 1.29 is 28.2 Å². The molecule has 11 heteroatoms. The molecule has 0 radical (unpaired) electrons. The zero-order chi connectivity index (χ0) is 24.1. The third kappa shape index (κ3) is 5.58. The molecule has 1 unspecified atom stereocenters. The Morgan fingerprint density at radius 3 is 2.33 bits per heavy atom. The van der Waals surface area contributed by atoms with Crippen LogP contribution < -0.4 is 21.5 Å². The van der Waals surface area contributed by atoms with E-state index >= 15 is 0 Å². The maximum absolute atomic E-state index is 13.2. The molecule has 10 nitrogen and oxygen atoms in total. The van der Waals surface area contributed by atoms with Gasteiger partial charge < -0.3 is 26.3 Å². The minimum absolute atomic E-state index is 0.0346. The van der Waals surface area contributed by atoms with Gasteiger partial charge in [-0.15, -0.1) is 0 Å². The Kier molecular flexibility index (Phi) is 6.82. The summed E-state index contributed by atoms with van der Waals surface area (Å²) in [4.78, 5) is 43.9. The lowest BCUT2D eigenvalue weighted by Crippen LogP contribution is -2.33. The summed E-state index contributed by atoms with van der Waals surface area (Å²) in [5, 5.41) is 2.76. The smallest absolute Gasteiger partial charge is 0.341 e. The van der Waals surface area contributed by atoms with E-state index in [4.69, 9.17) is 20.9 Å². The van der Waals surface area contributed by atoms with E-state index in [9.17, 15) is 18.8 Å². The normalized spacial score (nSPS) is 11.4. The zero-order valence-electron chi connectivity index (χ0n) is 17.7. The number of nitrogens with one attached hydrogen (secondary N) is 1. The summed E-state index contributed by atoms with van der Waals surface area (Å²) in [5.41, 5.74) is 10.9. The molecule has 1 aromatic heterocycles. The third-order valence-corrected chi connectivity index (χ3v) is 4.45. The molecule has 0 bridgehead atoms. The molecule has 0 saturated heterocycles. The Labute approximate surface area is 187 Å². The van der Waals surface area contributed by atoms with Crippen molar-refractivity contribution in [2.45, 2.75) is 13.0 Å². The first-order valence-electron chi connectivity index (χ1n) is 9.59. The van der Waals surface area contributed by atoms with Gasteiger partial charge in [0.2, 0.25) is 5.91 Å². The van der Waals surface area contributed by atoms with Crippen LogP contribution in [0.4, 0.5) is 10.2 Å². The average Bonchev–Trinajstić information content (AvgIpc) is 2.79. The first-order chi connectivity index (χ1) is 15.7.